The summed E-state index contributed by atoms with van der Waals surface area (Å²) in [5.41, 5.74) is 2.09. The lowest BCUT2D eigenvalue weighted by molar-refractivity contribution is 0.464. The van der Waals surface area contributed by atoms with Crippen LogP contribution in [0.15, 0.2) is 0 Å². The van der Waals surface area contributed by atoms with Crippen LogP contribution in [0.1, 0.15) is 43.4 Å². The number of hydrogen-bond donors (Lipinski definition) is 1. The number of aryl methyl sites for hydroxylation is 2. The zero-order valence-electron chi connectivity index (χ0n) is 11.0. The molecular weight excluding hydrogens is 269 g/mol. The van der Waals surface area contributed by atoms with Gasteiger partial charge in [0.05, 0.1) is 5.69 Å². The van der Waals surface area contributed by atoms with E-state index in [1.165, 1.54) is 19.3 Å². The van der Waals surface area contributed by atoms with E-state index in [1.54, 1.807) is 4.68 Å². The molecule has 2 unspecified atom stereocenters. The van der Waals surface area contributed by atoms with Crippen LogP contribution >= 0.6 is 23.2 Å². The third-order valence-electron chi connectivity index (χ3n) is 3.74. The van der Waals surface area contributed by atoms with Gasteiger partial charge in [-0.1, -0.05) is 30.9 Å². The lowest BCUT2D eigenvalue weighted by Crippen LogP contribution is -2.36. The second-order valence-electron chi connectivity index (χ2n) is 5.12. The van der Waals surface area contributed by atoms with Crippen LogP contribution < -0.4 is 5.32 Å². The maximum Gasteiger partial charge on any atom is 0.131 e. The van der Waals surface area contributed by atoms with Gasteiger partial charge in [0, 0.05) is 30.6 Å². The number of hydrogen-bond acceptors (Lipinski definition) is 2. The minimum Gasteiger partial charge on any atom is -0.308 e. The van der Waals surface area contributed by atoms with Crippen molar-refractivity contribution in [1.82, 2.24) is 15.1 Å². The number of rotatable bonds is 3. The largest absolute Gasteiger partial charge is 0.308 e. The van der Waals surface area contributed by atoms with Gasteiger partial charge in [-0.05, 0) is 19.8 Å². The first-order valence-electron chi connectivity index (χ1n) is 6.65. The molecule has 1 aromatic rings. The average molecular weight is 290 g/mol. The standard InChI is InChI=1S/C13H21Cl2N3/c1-9-10(13(15)18(2)17-9)8-16-12-7-5-3-4-6-11(12)14/h11-12,16H,3-8H2,1-2H3. The quantitative estimate of drug-likeness (QED) is 0.683. The Bertz CT molecular complexity index is 403. The van der Waals surface area contributed by atoms with Crippen LogP contribution in [0.4, 0.5) is 0 Å². The fraction of sp³-hybridized carbons (Fsp3) is 0.769. The Balaban J connectivity index is 1.97. The number of nitrogens with zero attached hydrogens (tertiary/aromatic N) is 2. The Labute approximate surface area is 119 Å². The summed E-state index contributed by atoms with van der Waals surface area (Å²) in [5, 5.41) is 8.84. The molecule has 1 aliphatic carbocycles. The molecule has 0 aromatic carbocycles. The van der Waals surface area contributed by atoms with Gasteiger partial charge < -0.3 is 5.32 Å². The van der Waals surface area contributed by atoms with Gasteiger partial charge in [-0.15, -0.1) is 11.6 Å². The van der Waals surface area contributed by atoms with Gasteiger partial charge in [0.25, 0.3) is 0 Å². The van der Waals surface area contributed by atoms with Crippen molar-refractivity contribution in [1.29, 1.82) is 0 Å². The van der Waals surface area contributed by atoms with Crippen molar-refractivity contribution in [2.75, 3.05) is 0 Å². The first-order chi connectivity index (χ1) is 8.59. The van der Waals surface area contributed by atoms with E-state index in [0.717, 1.165) is 35.8 Å². The average Bonchev–Trinajstić information content (AvgIpc) is 2.51. The summed E-state index contributed by atoms with van der Waals surface area (Å²) in [4.78, 5) is 0. The van der Waals surface area contributed by atoms with E-state index in [4.69, 9.17) is 23.2 Å². The molecule has 0 amide bonds. The summed E-state index contributed by atoms with van der Waals surface area (Å²) in [6, 6.07) is 0.393. The molecule has 1 N–H and O–H groups in total. The van der Waals surface area contributed by atoms with Crippen molar-refractivity contribution < 1.29 is 0 Å². The van der Waals surface area contributed by atoms with E-state index in [0.29, 0.717) is 6.04 Å². The highest BCUT2D eigenvalue weighted by Crippen LogP contribution is 2.24. The van der Waals surface area contributed by atoms with Crippen molar-refractivity contribution in [3.8, 4) is 0 Å². The topological polar surface area (TPSA) is 29.9 Å². The van der Waals surface area contributed by atoms with Crippen molar-refractivity contribution in [3.05, 3.63) is 16.4 Å². The molecule has 2 atom stereocenters. The molecule has 0 bridgehead atoms. The SMILES string of the molecule is Cc1nn(C)c(Cl)c1CNC1CCCCCC1Cl. The Morgan fingerprint density at radius 3 is 2.72 bits per heavy atom. The third kappa shape index (κ3) is 3.19. The molecular formula is C13H21Cl2N3. The van der Waals surface area contributed by atoms with Gasteiger partial charge in [0.1, 0.15) is 5.15 Å². The molecule has 18 heavy (non-hydrogen) atoms. The van der Waals surface area contributed by atoms with Gasteiger partial charge >= 0.3 is 0 Å². The lowest BCUT2D eigenvalue weighted by atomic mass is 10.1. The van der Waals surface area contributed by atoms with Crippen molar-refractivity contribution in [2.24, 2.45) is 7.05 Å². The number of nitrogens with one attached hydrogen (secondary N) is 1. The second kappa shape index (κ2) is 6.27. The van der Waals surface area contributed by atoms with Gasteiger partial charge in [-0.2, -0.15) is 5.10 Å². The molecule has 1 heterocycles. The van der Waals surface area contributed by atoms with Crippen LogP contribution in [-0.4, -0.2) is 21.2 Å². The minimum atomic E-state index is 0.239. The molecule has 3 nitrogen and oxygen atoms in total. The maximum atomic E-state index is 6.42. The highest BCUT2D eigenvalue weighted by Gasteiger charge is 2.22. The van der Waals surface area contributed by atoms with Gasteiger partial charge in [-0.3, -0.25) is 4.68 Å². The Morgan fingerprint density at radius 1 is 1.33 bits per heavy atom. The Hall–Kier alpha value is -0.250. The first kappa shape index (κ1) is 14.2. The van der Waals surface area contributed by atoms with Crippen LogP contribution in [-0.2, 0) is 13.6 Å². The molecule has 2 rings (SSSR count). The summed E-state index contributed by atoms with van der Waals surface area (Å²) < 4.78 is 1.72. The molecule has 0 radical (unpaired) electrons. The van der Waals surface area contributed by atoms with Crippen LogP contribution in [0.3, 0.4) is 0 Å². The summed E-state index contributed by atoms with van der Waals surface area (Å²) in [7, 11) is 1.87. The first-order valence-corrected chi connectivity index (χ1v) is 7.46. The van der Waals surface area contributed by atoms with E-state index in [9.17, 15) is 0 Å². The highest BCUT2D eigenvalue weighted by molar-refractivity contribution is 6.30. The van der Waals surface area contributed by atoms with E-state index < -0.39 is 0 Å². The Kier molecular flexibility index (Phi) is 4.93. The molecule has 1 aromatic heterocycles. The summed E-state index contributed by atoms with van der Waals surface area (Å²) in [5.74, 6) is 0. The predicted molar refractivity (Wildman–Crippen MR) is 76.3 cm³/mol. The van der Waals surface area contributed by atoms with Crippen molar-refractivity contribution in [2.45, 2.75) is 57.0 Å². The van der Waals surface area contributed by atoms with Gasteiger partial charge in [-0.25, -0.2) is 0 Å². The molecule has 102 valence electrons. The third-order valence-corrected chi connectivity index (χ3v) is 4.74. The maximum absolute atomic E-state index is 6.42. The highest BCUT2D eigenvalue weighted by atomic mass is 35.5. The van der Waals surface area contributed by atoms with E-state index in [1.807, 2.05) is 14.0 Å². The molecule has 1 fully saturated rings. The van der Waals surface area contributed by atoms with Crippen molar-refractivity contribution in [3.63, 3.8) is 0 Å². The van der Waals surface area contributed by atoms with E-state index >= 15 is 0 Å². The number of alkyl halides is 1. The zero-order valence-corrected chi connectivity index (χ0v) is 12.6. The zero-order chi connectivity index (χ0) is 13.1. The lowest BCUT2D eigenvalue weighted by Gasteiger charge is -2.21. The Morgan fingerprint density at radius 2 is 2.06 bits per heavy atom. The van der Waals surface area contributed by atoms with E-state index in [-0.39, 0.29) is 5.38 Å². The fourth-order valence-electron chi connectivity index (χ4n) is 2.60. The predicted octanol–water partition coefficient (Wildman–Crippen LogP) is 3.41. The van der Waals surface area contributed by atoms with E-state index in [2.05, 4.69) is 10.4 Å². The number of halogens is 2. The van der Waals surface area contributed by atoms with Crippen LogP contribution in [0.25, 0.3) is 0 Å². The summed E-state index contributed by atoms with van der Waals surface area (Å²) >= 11 is 12.6. The molecule has 0 saturated heterocycles. The summed E-state index contributed by atoms with van der Waals surface area (Å²) in [6.45, 7) is 2.75. The second-order valence-corrected chi connectivity index (χ2v) is 6.04. The molecule has 0 aliphatic heterocycles. The monoisotopic (exact) mass is 289 g/mol. The van der Waals surface area contributed by atoms with Crippen LogP contribution in [0, 0.1) is 6.92 Å². The van der Waals surface area contributed by atoms with Gasteiger partial charge in [0.2, 0.25) is 0 Å². The smallest absolute Gasteiger partial charge is 0.131 e. The number of aromatic nitrogens is 2. The van der Waals surface area contributed by atoms with Crippen molar-refractivity contribution >= 4 is 23.2 Å². The molecule has 1 aliphatic rings. The molecule has 1 saturated carbocycles. The normalized spacial score (nSPS) is 25.1. The van der Waals surface area contributed by atoms with Crippen LogP contribution in [0.5, 0.6) is 0 Å². The molecule has 0 spiro atoms. The molecule has 5 heteroatoms. The van der Waals surface area contributed by atoms with Gasteiger partial charge in [0.15, 0.2) is 0 Å². The van der Waals surface area contributed by atoms with Crippen LogP contribution in [0.2, 0.25) is 5.15 Å². The minimum absolute atomic E-state index is 0.239. The fourth-order valence-corrected chi connectivity index (χ4v) is 3.21. The summed E-state index contributed by atoms with van der Waals surface area (Å²) in [6.07, 6.45) is 6.08.